The van der Waals surface area contributed by atoms with Crippen LogP contribution in [0.4, 0.5) is 0 Å². The van der Waals surface area contributed by atoms with Gasteiger partial charge in [-0.2, -0.15) is 0 Å². The monoisotopic (exact) mass is 781 g/mol. The third-order valence-electron chi connectivity index (χ3n) is 10.7. The third kappa shape index (κ3) is 37.4. The molecule has 324 valence electrons. The van der Waals surface area contributed by atoms with Gasteiger partial charge < -0.3 is 23.8 Å². The Morgan fingerprint density at radius 3 is 1.31 bits per heavy atom. The number of hydrogen-bond acceptors (Lipinski definition) is 6. The highest BCUT2D eigenvalue weighted by Gasteiger charge is 2.31. The quantitative estimate of drug-likeness (QED) is 0.0285. The molecule has 8 heteroatoms. The minimum Gasteiger partial charge on any atom is -0.477 e. The summed E-state index contributed by atoms with van der Waals surface area (Å²) in [5.41, 5.74) is 0. The summed E-state index contributed by atoms with van der Waals surface area (Å²) in [5.74, 6) is -1.46. The summed E-state index contributed by atoms with van der Waals surface area (Å²) in [6, 6.07) is -0.610. The molecule has 0 saturated carbocycles. The van der Waals surface area contributed by atoms with Gasteiger partial charge in [-0.05, 0) is 38.5 Å². The number of unbranched alkanes of at least 4 members (excludes halogenated alkanes) is 26. The molecule has 2 atom stereocenters. The Kier molecular flexibility index (Phi) is 37.6. The van der Waals surface area contributed by atoms with Crippen molar-refractivity contribution < 1.29 is 38.2 Å². The number of rotatable bonds is 42. The van der Waals surface area contributed by atoms with E-state index in [2.05, 4.69) is 26.0 Å². The number of carbonyl (C=O) groups is 3. The fourth-order valence-corrected chi connectivity index (χ4v) is 7.03. The average Bonchev–Trinajstić information content (AvgIpc) is 3.14. The average molecular weight is 781 g/mol. The summed E-state index contributed by atoms with van der Waals surface area (Å²) in [5, 5.41) is 9.61. The first-order valence-corrected chi connectivity index (χ1v) is 23.2. The molecule has 0 heterocycles. The molecule has 2 unspecified atom stereocenters. The zero-order valence-corrected chi connectivity index (χ0v) is 36.9. The summed E-state index contributed by atoms with van der Waals surface area (Å²) in [6.45, 7) is 4.74. The van der Waals surface area contributed by atoms with Crippen molar-refractivity contribution in [1.82, 2.24) is 0 Å². The Hall–Kier alpha value is -1.93. The van der Waals surface area contributed by atoms with Gasteiger partial charge in [0, 0.05) is 19.3 Å². The molecule has 0 fully saturated rings. The summed E-state index contributed by atoms with van der Waals surface area (Å²) in [6.07, 6.45) is 41.2. The lowest BCUT2D eigenvalue weighted by molar-refractivity contribution is -0.887. The molecular formula is C47H90NO7+. The van der Waals surface area contributed by atoms with Gasteiger partial charge in [0.05, 0.1) is 34.4 Å². The standard InChI is InChI=1S/C47H89NO7/c1-6-8-10-12-14-16-17-18-19-20-21-22-23-24-25-26-27-28-30-32-34-36-38-46(50)55-43(41-53-40-39-44(47(51)52)48(3,4)5)42-54-45(49)37-35-33-31-29-15-13-11-9-7-2/h23-24,43-44H,6-22,25-42H2,1-5H3/p+1/b24-23+. The number of carboxylic acid groups (broad SMARTS) is 1. The van der Waals surface area contributed by atoms with E-state index in [9.17, 15) is 19.5 Å². The maximum atomic E-state index is 12.7. The Morgan fingerprint density at radius 1 is 0.527 bits per heavy atom. The first-order chi connectivity index (χ1) is 26.6. The maximum Gasteiger partial charge on any atom is 0.362 e. The molecule has 0 aliphatic carbocycles. The van der Waals surface area contributed by atoms with E-state index >= 15 is 0 Å². The van der Waals surface area contributed by atoms with Gasteiger partial charge in [0.2, 0.25) is 0 Å². The number of carbonyl (C=O) groups excluding carboxylic acids is 2. The van der Waals surface area contributed by atoms with E-state index in [1.807, 2.05) is 21.1 Å². The van der Waals surface area contributed by atoms with Crippen LogP contribution in [0.15, 0.2) is 12.2 Å². The van der Waals surface area contributed by atoms with E-state index in [4.69, 9.17) is 14.2 Å². The number of hydrogen-bond donors (Lipinski definition) is 1. The van der Waals surface area contributed by atoms with Gasteiger partial charge in [-0.3, -0.25) is 9.59 Å². The number of quaternary nitrogens is 1. The Labute approximate surface area is 339 Å². The number of aliphatic carboxylic acids is 1. The number of carboxylic acids is 1. The molecule has 0 spiro atoms. The predicted octanol–water partition coefficient (Wildman–Crippen LogP) is 12.7. The zero-order valence-electron chi connectivity index (χ0n) is 36.9. The highest BCUT2D eigenvalue weighted by Crippen LogP contribution is 2.15. The second-order valence-corrected chi connectivity index (χ2v) is 17.0. The molecule has 0 aliphatic rings. The van der Waals surface area contributed by atoms with Crippen LogP contribution in [0.5, 0.6) is 0 Å². The van der Waals surface area contributed by atoms with Crippen molar-refractivity contribution in [1.29, 1.82) is 0 Å². The molecule has 0 rings (SSSR count). The van der Waals surface area contributed by atoms with Crippen LogP contribution in [0.3, 0.4) is 0 Å². The van der Waals surface area contributed by atoms with Gasteiger partial charge in [0.15, 0.2) is 12.1 Å². The van der Waals surface area contributed by atoms with E-state index in [-0.39, 0.29) is 36.2 Å². The first-order valence-electron chi connectivity index (χ1n) is 23.2. The first kappa shape index (κ1) is 53.1. The Morgan fingerprint density at radius 2 is 0.909 bits per heavy atom. The Balaban J connectivity index is 4.18. The zero-order chi connectivity index (χ0) is 40.7. The van der Waals surface area contributed by atoms with Crippen molar-refractivity contribution >= 4 is 17.9 Å². The van der Waals surface area contributed by atoms with Crippen LogP contribution in [0.1, 0.15) is 219 Å². The fourth-order valence-electron chi connectivity index (χ4n) is 7.03. The van der Waals surface area contributed by atoms with Gasteiger partial charge in [-0.15, -0.1) is 0 Å². The van der Waals surface area contributed by atoms with E-state index in [0.717, 1.165) is 38.5 Å². The molecule has 0 bridgehead atoms. The van der Waals surface area contributed by atoms with Crippen LogP contribution in [-0.2, 0) is 28.6 Å². The van der Waals surface area contributed by atoms with Crippen molar-refractivity contribution in [2.24, 2.45) is 0 Å². The van der Waals surface area contributed by atoms with E-state index in [0.29, 0.717) is 19.3 Å². The lowest BCUT2D eigenvalue weighted by atomic mass is 10.0. The number of ether oxygens (including phenoxy) is 3. The van der Waals surface area contributed by atoms with Crippen LogP contribution in [-0.4, -0.2) is 80.6 Å². The normalized spacial score (nSPS) is 13.0. The highest BCUT2D eigenvalue weighted by molar-refractivity contribution is 5.72. The minimum absolute atomic E-state index is 0.0474. The summed E-state index contributed by atoms with van der Waals surface area (Å²) in [7, 11) is 5.53. The smallest absolute Gasteiger partial charge is 0.362 e. The van der Waals surface area contributed by atoms with Crippen molar-refractivity contribution in [2.75, 3.05) is 41.0 Å². The molecule has 0 saturated heterocycles. The minimum atomic E-state index is -0.873. The lowest BCUT2D eigenvalue weighted by Crippen LogP contribution is -2.50. The molecular weight excluding hydrogens is 691 g/mol. The van der Waals surface area contributed by atoms with Crippen LogP contribution < -0.4 is 0 Å². The second kappa shape index (κ2) is 38.9. The summed E-state index contributed by atoms with van der Waals surface area (Å²) >= 11 is 0. The largest absolute Gasteiger partial charge is 0.477 e. The van der Waals surface area contributed by atoms with Gasteiger partial charge >= 0.3 is 17.9 Å². The van der Waals surface area contributed by atoms with Crippen molar-refractivity contribution in [2.45, 2.75) is 231 Å². The summed E-state index contributed by atoms with van der Waals surface area (Å²) in [4.78, 5) is 36.9. The molecule has 8 nitrogen and oxygen atoms in total. The molecule has 0 aliphatic heterocycles. The van der Waals surface area contributed by atoms with Crippen LogP contribution >= 0.6 is 0 Å². The maximum absolute atomic E-state index is 12.7. The van der Waals surface area contributed by atoms with Crippen LogP contribution in [0.2, 0.25) is 0 Å². The lowest BCUT2D eigenvalue weighted by Gasteiger charge is -2.31. The number of nitrogens with zero attached hydrogens (tertiary/aromatic N) is 1. The number of esters is 2. The van der Waals surface area contributed by atoms with Crippen LogP contribution in [0.25, 0.3) is 0 Å². The molecule has 1 N–H and O–H groups in total. The third-order valence-corrected chi connectivity index (χ3v) is 10.7. The van der Waals surface area contributed by atoms with E-state index < -0.39 is 18.1 Å². The number of allylic oxidation sites excluding steroid dienone is 2. The molecule has 0 aromatic heterocycles. The van der Waals surface area contributed by atoms with Gasteiger partial charge in [0.1, 0.15) is 6.61 Å². The number of likely N-dealkylation sites (N-methyl/N-ethyl adjacent to an activating group) is 1. The van der Waals surface area contributed by atoms with Crippen LogP contribution in [0, 0.1) is 0 Å². The topological polar surface area (TPSA) is 99.1 Å². The van der Waals surface area contributed by atoms with Crippen molar-refractivity contribution in [3.8, 4) is 0 Å². The molecule has 0 radical (unpaired) electrons. The fraction of sp³-hybridized carbons (Fsp3) is 0.894. The van der Waals surface area contributed by atoms with Crippen molar-refractivity contribution in [3.05, 3.63) is 12.2 Å². The Bertz CT molecular complexity index is 915. The molecule has 0 aromatic carbocycles. The van der Waals surface area contributed by atoms with Gasteiger partial charge in [-0.1, -0.05) is 174 Å². The molecule has 0 amide bonds. The SMILES string of the molecule is CCCCCCCCCCCCC/C=C/CCCCCCCCCC(=O)OC(COCCC(C(=O)O)[N+](C)(C)C)COC(=O)CCCCCCCCCCC. The molecule has 0 aromatic rings. The predicted molar refractivity (Wildman–Crippen MR) is 229 cm³/mol. The van der Waals surface area contributed by atoms with E-state index in [1.165, 1.54) is 148 Å². The van der Waals surface area contributed by atoms with Crippen molar-refractivity contribution in [3.63, 3.8) is 0 Å². The van der Waals surface area contributed by atoms with Gasteiger partial charge in [0.25, 0.3) is 0 Å². The second-order valence-electron chi connectivity index (χ2n) is 17.0. The highest BCUT2D eigenvalue weighted by atomic mass is 16.6. The molecule has 55 heavy (non-hydrogen) atoms. The van der Waals surface area contributed by atoms with E-state index in [1.54, 1.807) is 0 Å². The van der Waals surface area contributed by atoms with Gasteiger partial charge in [-0.25, -0.2) is 4.79 Å². The summed E-state index contributed by atoms with van der Waals surface area (Å²) < 4.78 is 17.3.